The number of nitrogens with zero attached hydrogens (tertiary/aromatic N) is 1. The maximum absolute atomic E-state index is 13.3. The van der Waals surface area contributed by atoms with Crippen LogP contribution < -0.4 is 9.62 Å². The van der Waals surface area contributed by atoms with Gasteiger partial charge in [0.05, 0.1) is 10.6 Å². The van der Waals surface area contributed by atoms with Gasteiger partial charge in [-0.3, -0.25) is 9.10 Å². The predicted molar refractivity (Wildman–Crippen MR) is 112 cm³/mol. The van der Waals surface area contributed by atoms with Crippen LogP contribution in [0.5, 0.6) is 0 Å². The second-order valence-electron chi connectivity index (χ2n) is 6.45. The van der Waals surface area contributed by atoms with Gasteiger partial charge in [0, 0.05) is 17.8 Å². The van der Waals surface area contributed by atoms with E-state index in [1.807, 2.05) is 6.07 Å². The molecule has 3 rings (SSSR count). The second-order valence-corrected chi connectivity index (χ2v) is 8.31. The molecule has 0 heterocycles. The number of halogens is 1. The highest BCUT2D eigenvalue weighted by Gasteiger charge is 2.24. The highest BCUT2D eigenvalue weighted by Crippen LogP contribution is 2.24. The molecule has 1 amide bonds. The third kappa shape index (κ3) is 4.46. The molecule has 0 aliphatic rings. The molecule has 5 nitrogen and oxygen atoms in total. The fraction of sp³-hybridized carbons (Fsp3) is 0.136. The maximum atomic E-state index is 13.3. The lowest BCUT2D eigenvalue weighted by atomic mass is 10.1. The van der Waals surface area contributed by atoms with E-state index in [2.05, 4.69) is 5.32 Å². The number of nitrogens with one attached hydrogen (secondary N) is 1. The zero-order chi connectivity index (χ0) is 21.0. The van der Waals surface area contributed by atoms with E-state index >= 15 is 0 Å². The van der Waals surface area contributed by atoms with E-state index in [1.54, 1.807) is 38.1 Å². The minimum absolute atomic E-state index is 0.0201. The summed E-state index contributed by atoms with van der Waals surface area (Å²) in [4.78, 5) is 12.6. The molecule has 1 N–H and O–H groups in total. The number of amides is 1. The molecule has 0 atom stereocenters. The lowest BCUT2D eigenvalue weighted by Gasteiger charge is -2.23. The Morgan fingerprint density at radius 3 is 2.38 bits per heavy atom. The number of hydrogen-bond acceptors (Lipinski definition) is 3. The summed E-state index contributed by atoms with van der Waals surface area (Å²) in [5, 5.41) is 2.69. The SMILES string of the molecule is CCN(c1ccccc1)S(=O)(=O)c1cccc(C(=O)Nc2ccc(F)cc2C)c1. The Morgan fingerprint density at radius 1 is 1.00 bits per heavy atom. The van der Waals surface area contributed by atoms with Gasteiger partial charge in [-0.15, -0.1) is 0 Å². The predicted octanol–water partition coefficient (Wildman–Crippen LogP) is 4.60. The second kappa shape index (κ2) is 8.45. The standard InChI is InChI=1S/C22H21FN2O3S/c1-3-25(19-9-5-4-6-10-19)29(27,28)20-11-7-8-17(15-20)22(26)24-21-13-12-18(23)14-16(21)2/h4-15H,3H2,1-2H3,(H,24,26). The van der Waals surface area contributed by atoms with Crippen molar-refractivity contribution in [2.24, 2.45) is 0 Å². The average Bonchev–Trinajstić information content (AvgIpc) is 2.71. The van der Waals surface area contributed by atoms with E-state index < -0.39 is 21.7 Å². The Bertz CT molecular complexity index is 1130. The maximum Gasteiger partial charge on any atom is 0.264 e. The molecule has 0 unspecified atom stereocenters. The Balaban J connectivity index is 1.91. The molecule has 0 aliphatic carbocycles. The monoisotopic (exact) mass is 412 g/mol. The van der Waals surface area contributed by atoms with Crippen molar-refractivity contribution in [2.75, 3.05) is 16.2 Å². The van der Waals surface area contributed by atoms with Gasteiger partial charge in [-0.25, -0.2) is 12.8 Å². The Morgan fingerprint density at radius 2 is 1.72 bits per heavy atom. The van der Waals surface area contributed by atoms with Gasteiger partial charge in [0.15, 0.2) is 0 Å². The number of aryl methyl sites for hydroxylation is 1. The van der Waals surface area contributed by atoms with Crippen molar-refractivity contribution in [1.29, 1.82) is 0 Å². The van der Waals surface area contributed by atoms with Crippen molar-refractivity contribution in [3.63, 3.8) is 0 Å². The van der Waals surface area contributed by atoms with Gasteiger partial charge >= 0.3 is 0 Å². The van der Waals surface area contributed by atoms with Gasteiger partial charge in [0.25, 0.3) is 15.9 Å². The van der Waals surface area contributed by atoms with Crippen LogP contribution in [-0.2, 0) is 10.0 Å². The zero-order valence-corrected chi connectivity index (χ0v) is 16.9. The number of para-hydroxylation sites is 1. The van der Waals surface area contributed by atoms with Crippen molar-refractivity contribution in [1.82, 2.24) is 0 Å². The first-order valence-electron chi connectivity index (χ1n) is 9.08. The molecule has 0 aliphatic heterocycles. The normalized spacial score (nSPS) is 11.1. The van der Waals surface area contributed by atoms with E-state index in [4.69, 9.17) is 0 Å². The molecule has 0 saturated heterocycles. The molecular formula is C22H21FN2O3S. The number of benzene rings is 3. The van der Waals surface area contributed by atoms with Crippen LogP contribution in [0.3, 0.4) is 0 Å². The summed E-state index contributed by atoms with van der Waals surface area (Å²) in [7, 11) is -3.84. The van der Waals surface area contributed by atoms with Crippen LogP contribution >= 0.6 is 0 Å². The van der Waals surface area contributed by atoms with Crippen LogP contribution in [0, 0.1) is 12.7 Å². The number of rotatable bonds is 6. The smallest absolute Gasteiger partial charge is 0.264 e. The number of anilines is 2. The third-order valence-electron chi connectivity index (χ3n) is 4.45. The summed E-state index contributed by atoms with van der Waals surface area (Å²) in [6, 6.07) is 18.7. The van der Waals surface area contributed by atoms with Crippen molar-refractivity contribution in [3.05, 3.63) is 89.7 Å². The lowest BCUT2D eigenvalue weighted by Crippen LogP contribution is -2.31. The van der Waals surface area contributed by atoms with Crippen molar-refractivity contribution >= 4 is 27.3 Å². The van der Waals surface area contributed by atoms with E-state index in [1.165, 1.54) is 46.8 Å². The zero-order valence-electron chi connectivity index (χ0n) is 16.1. The largest absolute Gasteiger partial charge is 0.322 e. The van der Waals surface area contributed by atoms with Gasteiger partial charge in [0.1, 0.15) is 5.82 Å². The molecule has 150 valence electrons. The Labute approximate surface area is 169 Å². The Hall–Kier alpha value is -3.19. The van der Waals surface area contributed by atoms with Crippen LogP contribution in [0.2, 0.25) is 0 Å². The van der Waals surface area contributed by atoms with E-state index in [0.717, 1.165) is 0 Å². The summed E-state index contributed by atoms with van der Waals surface area (Å²) >= 11 is 0. The molecular weight excluding hydrogens is 391 g/mol. The van der Waals surface area contributed by atoms with Gasteiger partial charge in [0.2, 0.25) is 0 Å². The van der Waals surface area contributed by atoms with Crippen LogP contribution in [-0.4, -0.2) is 20.9 Å². The fourth-order valence-corrected chi connectivity index (χ4v) is 4.49. The van der Waals surface area contributed by atoms with Crippen molar-refractivity contribution < 1.29 is 17.6 Å². The van der Waals surface area contributed by atoms with E-state index in [-0.39, 0.29) is 17.0 Å². The molecule has 3 aromatic carbocycles. The number of hydrogen-bond donors (Lipinski definition) is 1. The van der Waals surface area contributed by atoms with E-state index in [9.17, 15) is 17.6 Å². The van der Waals surface area contributed by atoms with Gasteiger partial charge in [-0.2, -0.15) is 0 Å². The first-order valence-corrected chi connectivity index (χ1v) is 10.5. The molecule has 3 aromatic rings. The van der Waals surface area contributed by atoms with Crippen molar-refractivity contribution in [2.45, 2.75) is 18.7 Å². The summed E-state index contributed by atoms with van der Waals surface area (Å²) in [5.74, 6) is -0.867. The van der Waals surface area contributed by atoms with Crippen LogP contribution in [0.4, 0.5) is 15.8 Å². The quantitative estimate of drug-likeness (QED) is 0.643. The highest BCUT2D eigenvalue weighted by molar-refractivity contribution is 7.92. The number of carbonyl (C=O) groups is 1. The fourth-order valence-electron chi connectivity index (χ4n) is 2.97. The van der Waals surface area contributed by atoms with Gasteiger partial charge in [-0.1, -0.05) is 24.3 Å². The third-order valence-corrected chi connectivity index (χ3v) is 6.35. The molecule has 0 bridgehead atoms. The van der Waals surface area contributed by atoms with Crippen molar-refractivity contribution in [3.8, 4) is 0 Å². The number of carbonyl (C=O) groups excluding carboxylic acids is 1. The van der Waals surface area contributed by atoms with Crippen LogP contribution in [0.15, 0.2) is 77.7 Å². The first-order chi connectivity index (χ1) is 13.8. The molecule has 0 fully saturated rings. The topological polar surface area (TPSA) is 66.5 Å². The van der Waals surface area contributed by atoms with Crippen LogP contribution in [0.1, 0.15) is 22.8 Å². The minimum atomic E-state index is -3.84. The summed E-state index contributed by atoms with van der Waals surface area (Å²) < 4.78 is 40.8. The first kappa shape index (κ1) is 20.5. The minimum Gasteiger partial charge on any atom is -0.322 e. The van der Waals surface area contributed by atoms with Crippen LogP contribution in [0.25, 0.3) is 0 Å². The molecule has 29 heavy (non-hydrogen) atoms. The summed E-state index contributed by atoms with van der Waals surface area (Å²) in [6.07, 6.45) is 0. The molecule has 0 aromatic heterocycles. The van der Waals surface area contributed by atoms with Gasteiger partial charge < -0.3 is 5.32 Å². The molecule has 0 radical (unpaired) electrons. The Kier molecular flexibility index (Phi) is 5.98. The molecule has 0 saturated carbocycles. The average molecular weight is 412 g/mol. The molecule has 0 spiro atoms. The lowest BCUT2D eigenvalue weighted by molar-refractivity contribution is 0.102. The van der Waals surface area contributed by atoms with Gasteiger partial charge in [-0.05, 0) is 67.9 Å². The molecule has 7 heteroatoms. The van der Waals surface area contributed by atoms with E-state index in [0.29, 0.717) is 16.9 Å². The highest BCUT2D eigenvalue weighted by atomic mass is 32.2. The summed E-state index contributed by atoms with van der Waals surface area (Å²) in [5.41, 5.74) is 1.78. The summed E-state index contributed by atoms with van der Waals surface area (Å²) in [6.45, 7) is 3.68. The number of sulfonamides is 1.